The fourth-order valence-electron chi connectivity index (χ4n) is 3.39. The van der Waals surface area contributed by atoms with E-state index in [1.165, 1.54) is 16.9 Å². The van der Waals surface area contributed by atoms with E-state index in [1.807, 2.05) is 0 Å². The zero-order valence-corrected chi connectivity index (χ0v) is 17.9. The summed E-state index contributed by atoms with van der Waals surface area (Å²) in [5.74, 6) is -0.613. The zero-order chi connectivity index (χ0) is 23.3. The van der Waals surface area contributed by atoms with Gasteiger partial charge in [0, 0.05) is 11.9 Å². The number of carbonyl (C=O) groups excluding carboxylic acids is 1. The second-order valence-electron chi connectivity index (χ2n) is 7.36. The number of hydrogen-bond donors (Lipinski definition) is 2. The summed E-state index contributed by atoms with van der Waals surface area (Å²) in [5.41, 5.74) is 5.03. The minimum atomic E-state index is -4.60. The Labute approximate surface area is 190 Å². The lowest BCUT2D eigenvalue weighted by Gasteiger charge is -2.31. The van der Waals surface area contributed by atoms with Crippen molar-refractivity contribution in [3.63, 3.8) is 0 Å². The van der Waals surface area contributed by atoms with E-state index in [0.717, 1.165) is 6.07 Å². The fraction of sp³-hybridized carbons (Fsp3) is 0.200. The molecule has 1 aromatic carbocycles. The van der Waals surface area contributed by atoms with Crippen LogP contribution in [0.2, 0.25) is 10.0 Å². The van der Waals surface area contributed by atoms with E-state index >= 15 is 0 Å². The summed E-state index contributed by atoms with van der Waals surface area (Å²) < 4.78 is 40.4. The zero-order valence-electron chi connectivity index (χ0n) is 16.4. The number of amides is 1. The van der Waals surface area contributed by atoms with E-state index in [2.05, 4.69) is 20.4 Å². The fourth-order valence-corrected chi connectivity index (χ4v) is 3.86. The summed E-state index contributed by atoms with van der Waals surface area (Å²) in [4.78, 5) is 20.9. The lowest BCUT2D eigenvalue weighted by Crippen LogP contribution is -2.37. The van der Waals surface area contributed by atoms with Gasteiger partial charge in [0.25, 0.3) is 5.91 Å². The molecular formula is C20H15Cl2F3N6O. The number of nitrogens with two attached hydrogens (primary N) is 1. The molecule has 3 heterocycles. The Bertz CT molecular complexity index is 1260. The van der Waals surface area contributed by atoms with Crippen LogP contribution in [-0.2, 0) is 18.3 Å². The van der Waals surface area contributed by atoms with Crippen LogP contribution in [0.25, 0.3) is 0 Å². The van der Waals surface area contributed by atoms with E-state index in [4.69, 9.17) is 28.9 Å². The third-order valence-corrected chi connectivity index (χ3v) is 5.42. The molecule has 7 nitrogen and oxygen atoms in total. The third kappa shape index (κ3) is 4.15. The van der Waals surface area contributed by atoms with Gasteiger partial charge in [-0.05, 0) is 36.8 Å². The number of benzene rings is 1. The molecule has 2 aromatic heterocycles. The van der Waals surface area contributed by atoms with Crippen LogP contribution in [0, 0.1) is 0 Å². The van der Waals surface area contributed by atoms with Crippen molar-refractivity contribution in [2.45, 2.75) is 25.2 Å². The lowest BCUT2D eigenvalue weighted by atomic mass is 9.91. The van der Waals surface area contributed by atoms with Crippen molar-refractivity contribution in [2.24, 2.45) is 10.7 Å². The van der Waals surface area contributed by atoms with E-state index in [0.29, 0.717) is 16.3 Å². The van der Waals surface area contributed by atoms with Crippen molar-refractivity contribution in [1.29, 1.82) is 0 Å². The number of fused-ring (bicyclic) bond motifs is 1. The van der Waals surface area contributed by atoms with Gasteiger partial charge in [0.1, 0.15) is 22.8 Å². The highest BCUT2D eigenvalue weighted by Crippen LogP contribution is 2.35. The minimum absolute atomic E-state index is 0.00604. The molecule has 0 radical (unpaired) electrons. The number of nitrogens with zero attached hydrogens (tertiary/aromatic N) is 4. The predicted octanol–water partition coefficient (Wildman–Crippen LogP) is 4.49. The number of alkyl halides is 3. The van der Waals surface area contributed by atoms with E-state index in [1.54, 1.807) is 31.2 Å². The molecule has 0 aliphatic carbocycles. The second kappa shape index (κ2) is 7.79. The van der Waals surface area contributed by atoms with Gasteiger partial charge in [0.15, 0.2) is 5.69 Å². The number of pyridine rings is 1. The Balaban J connectivity index is 1.62. The van der Waals surface area contributed by atoms with Crippen LogP contribution in [-0.4, -0.2) is 26.5 Å². The van der Waals surface area contributed by atoms with Gasteiger partial charge in [0.2, 0.25) is 0 Å². The quantitative estimate of drug-likeness (QED) is 0.574. The molecule has 1 atom stereocenters. The standard InChI is InChI=1S/C20H15Cl2F3N6O/c1-19(9-31-14(17(26)29-19)7-15(30-31)20(23,24)25)10-3-2-4-12(5-10)28-18(32)16-13(22)6-11(21)8-27-16/h2-8H,9H2,1H3,(H2,26,29)(H,28,32)/t19-/m1/s1. The normalized spacial score (nSPS) is 18.1. The van der Waals surface area contributed by atoms with Gasteiger partial charge < -0.3 is 11.1 Å². The van der Waals surface area contributed by atoms with Gasteiger partial charge in [-0.25, -0.2) is 4.98 Å². The van der Waals surface area contributed by atoms with Crippen LogP contribution in [0.15, 0.2) is 47.6 Å². The lowest BCUT2D eigenvalue weighted by molar-refractivity contribution is -0.141. The molecule has 12 heteroatoms. The van der Waals surface area contributed by atoms with Crippen molar-refractivity contribution < 1.29 is 18.0 Å². The number of carbonyl (C=O) groups is 1. The van der Waals surface area contributed by atoms with Crippen LogP contribution in [0.4, 0.5) is 18.9 Å². The molecule has 3 aromatic rings. The maximum absolute atomic E-state index is 13.1. The predicted molar refractivity (Wildman–Crippen MR) is 114 cm³/mol. The Morgan fingerprint density at radius 3 is 2.69 bits per heavy atom. The summed E-state index contributed by atoms with van der Waals surface area (Å²) in [6.45, 7) is 1.75. The molecule has 0 fully saturated rings. The first-order valence-electron chi connectivity index (χ1n) is 9.20. The summed E-state index contributed by atoms with van der Waals surface area (Å²) in [6, 6.07) is 8.98. The highest BCUT2D eigenvalue weighted by atomic mass is 35.5. The molecule has 0 bridgehead atoms. The van der Waals surface area contributed by atoms with E-state index in [9.17, 15) is 18.0 Å². The molecule has 4 rings (SSSR count). The molecule has 1 aliphatic heterocycles. The number of hydrogen-bond acceptors (Lipinski definition) is 5. The molecule has 32 heavy (non-hydrogen) atoms. The van der Waals surface area contributed by atoms with E-state index in [-0.39, 0.29) is 28.8 Å². The van der Waals surface area contributed by atoms with Crippen LogP contribution in [0.5, 0.6) is 0 Å². The summed E-state index contributed by atoms with van der Waals surface area (Å²) >= 11 is 11.8. The summed E-state index contributed by atoms with van der Waals surface area (Å²) in [6.07, 6.45) is -3.29. The number of halogens is 5. The van der Waals surface area contributed by atoms with Crippen molar-refractivity contribution in [1.82, 2.24) is 14.8 Å². The molecule has 3 N–H and O–H groups in total. The Morgan fingerprint density at radius 2 is 2.00 bits per heavy atom. The largest absolute Gasteiger partial charge is 0.435 e. The molecule has 166 valence electrons. The molecule has 0 spiro atoms. The number of aliphatic imine (C=N–C) groups is 1. The molecule has 0 saturated carbocycles. The number of nitrogens with one attached hydrogen (secondary N) is 1. The topological polar surface area (TPSA) is 98.2 Å². The van der Waals surface area contributed by atoms with E-state index < -0.39 is 23.3 Å². The van der Waals surface area contributed by atoms with Gasteiger partial charge in [-0.3, -0.25) is 14.5 Å². The van der Waals surface area contributed by atoms with Crippen molar-refractivity contribution in [3.8, 4) is 0 Å². The minimum Gasteiger partial charge on any atom is -0.382 e. The molecule has 1 amide bonds. The smallest absolute Gasteiger partial charge is 0.382 e. The molecule has 0 unspecified atom stereocenters. The number of aromatic nitrogens is 3. The van der Waals surface area contributed by atoms with Crippen LogP contribution in [0.1, 0.15) is 34.4 Å². The van der Waals surface area contributed by atoms with Gasteiger partial charge >= 0.3 is 6.18 Å². The first kappa shape index (κ1) is 22.1. The first-order chi connectivity index (χ1) is 15.0. The average Bonchev–Trinajstić information content (AvgIpc) is 3.13. The SMILES string of the molecule is C[C@]1(c2cccc(NC(=O)c3ncc(Cl)cc3Cl)c2)Cn2nc(C(F)(F)F)cc2C(N)=N1. The highest BCUT2D eigenvalue weighted by Gasteiger charge is 2.39. The number of anilines is 1. The molecule has 1 aliphatic rings. The summed E-state index contributed by atoms with van der Waals surface area (Å²) in [7, 11) is 0. The van der Waals surface area contributed by atoms with Gasteiger partial charge in [0.05, 0.1) is 16.6 Å². The number of amidine groups is 1. The second-order valence-corrected chi connectivity index (χ2v) is 8.20. The van der Waals surface area contributed by atoms with Crippen LogP contribution < -0.4 is 11.1 Å². The Morgan fingerprint density at radius 1 is 1.25 bits per heavy atom. The molecular weight excluding hydrogens is 468 g/mol. The number of rotatable bonds is 3. The highest BCUT2D eigenvalue weighted by molar-refractivity contribution is 6.36. The first-order valence-corrected chi connectivity index (χ1v) is 9.95. The maximum Gasteiger partial charge on any atom is 0.435 e. The van der Waals surface area contributed by atoms with Crippen molar-refractivity contribution in [3.05, 3.63) is 75.3 Å². The monoisotopic (exact) mass is 482 g/mol. The van der Waals surface area contributed by atoms with Crippen molar-refractivity contribution >= 4 is 40.6 Å². The van der Waals surface area contributed by atoms with Gasteiger partial charge in [-0.2, -0.15) is 18.3 Å². The van der Waals surface area contributed by atoms with Crippen LogP contribution >= 0.6 is 23.2 Å². The Hall–Kier alpha value is -3.11. The Kier molecular flexibility index (Phi) is 5.38. The van der Waals surface area contributed by atoms with Gasteiger partial charge in [-0.15, -0.1) is 0 Å². The summed E-state index contributed by atoms with van der Waals surface area (Å²) in [5, 5.41) is 6.72. The maximum atomic E-state index is 13.1. The van der Waals surface area contributed by atoms with Crippen molar-refractivity contribution in [2.75, 3.05) is 5.32 Å². The third-order valence-electron chi connectivity index (χ3n) is 4.92. The molecule has 0 saturated heterocycles. The van der Waals surface area contributed by atoms with Gasteiger partial charge in [-0.1, -0.05) is 35.3 Å². The average molecular weight is 483 g/mol. The van der Waals surface area contributed by atoms with Crippen LogP contribution in [0.3, 0.4) is 0 Å².